The minimum Gasteiger partial charge on any atom is -0.382 e. The number of nitrogen functional groups attached to an aromatic ring is 1. The molecule has 128 valence electrons. The maximum atomic E-state index is 6.26. The summed E-state index contributed by atoms with van der Waals surface area (Å²) < 4.78 is 2.06. The second-order valence-electron chi connectivity index (χ2n) is 8.04. The molecule has 0 amide bonds. The zero-order valence-electron chi connectivity index (χ0n) is 14.3. The van der Waals surface area contributed by atoms with Gasteiger partial charge in [0.25, 0.3) is 0 Å². The molecule has 3 aliphatic carbocycles. The van der Waals surface area contributed by atoms with Crippen LogP contribution in [0.2, 0.25) is 0 Å². The fraction of sp³-hybridized carbons (Fsp3) is 0.722. The summed E-state index contributed by atoms with van der Waals surface area (Å²) in [6.07, 6.45) is 10.4. The van der Waals surface area contributed by atoms with Crippen molar-refractivity contribution in [2.24, 2.45) is 18.9 Å². The van der Waals surface area contributed by atoms with Crippen LogP contribution in [0.15, 0.2) is 0 Å². The Balaban J connectivity index is 1.51. The van der Waals surface area contributed by atoms with Crippen LogP contribution >= 0.6 is 0 Å². The SMILES string of the molecule is Cn1c(NC2CCCC2)nc2c(N)nc(C3CC4CCC3C4)nc21. The van der Waals surface area contributed by atoms with Crippen LogP contribution in [0.25, 0.3) is 11.2 Å². The lowest BCUT2D eigenvalue weighted by molar-refractivity contribution is 0.406. The molecule has 6 nitrogen and oxygen atoms in total. The number of hydrogen-bond acceptors (Lipinski definition) is 5. The van der Waals surface area contributed by atoms with E-state index in [0.29, 0.717) is 17.8 Å². The molecule has 0 spiro atoms. The Hall–Kier alpha value is -1.85. The van der Waals surface area contributed by atoms with Gasteiger partial charge in [0.05, 0.1) is 0 Å². The molecule has 24 heavy (non-hydrogen) atoms. The van der Waals surface area contributed by atoms with E-state index in [0.717, 1.165) is 34.8 Å². The number of rotatable bonds is 3. The lowest BCUT2D eigenvalue weighted by atomic mass is 9.88. The lowest BCUT2D eigenvalue weighted by Gasteiger charge is -2.20. The molecule has 5 rings (SSSR count). The summed E-state index contributed by atoms with van der Waals surface area (Å²) in [4.78, 5) is 14.2. The molecule has 0 saturated heterocycles. The average Bonchev–Trinajstić information content (AvgIpc) is 3.35. The normalized spacial score (nSPS) is 29.8. The van der Waals surface area contributed by atoms with Crippen LogP contribution in [0, 0.1) is 11.8 Å². The molecule has 2 bridgehead atoms. The van der Waals surface area contributed by atoms with E-state index < -0.39 is 0 Å². The lowest BCUT2D eigenvalue weighted by Crippen LogP contribution is -2.17. The van der Waals surface area contributed by atoms with E-state index in [1.807, 2.05) is 7.05 Å². The van der Waals surface area contributed by atoms with E-state index in [9.17, 15) is 0 Å². The highest BCUT2D eigenvalue weighted by Crippen LogP contribution is 2.52. The Bertz CT molecular complexity index is 775. The van der Waals surface area contributed by atoms with E-state index in [1.165, 1.54) is 51.4 Å². The topological polar surface area (TPSA) is 81.7 Å². The van der Waals surface area contributed by atoms with Crippen LogP contribution in [-0.4, -0.2) is 25.6 Å². The average molecular weight is 326 g/mol. The summed E-state index contributed by atoms with van der Waals surface area (Å²) >= 11 is 0. The Morgan fingerprint density at radius 2 is 1.88 bits per heavy atom. The summed E-state index contributed by atoms with van der Waals surface area (Å²) in [6, 6.07) is 0.528. The van der Waals surface area contributed by atoms with Crippen molar-refractivity contribution in [3.63, 3.8) is 0 Å². The predicted octanol–water partition coefficient (Wildman–Crippen LogP) is 3.20. The van der Waals surface area contributed by atoms with Crippen molar-refractivity contribution < 1.29 is 0 Å². The highest BCUT2D eigenvalue weighted by Gasteiger charge is 2.42. The molecule has 0 aromatic carbocycles. The van der Waals surface area contributed by atoms with Crippen LogP contribution in [0.1, 0.15) is 63.1 Å². The molecule has 2 aromatic rings. The quantitative estimate of drug-likeness (QED) is 0.905. The molecule has 6 heteroatoms. The molecule has 2 heterocycles. The number of nitrogens with one attached hydrogen (secondary N) is 1. The number of fused-ring (bicyclic) bond motifs is 3. The van der Waals surface area contributed by atoms with Gasteiger partial charge in [0, 0.05) is 19.0 Å². The molecule has 3 saturated carbocycles. The largest absolute Gasteiger partial charge is 0.382 e. The molecule has 0 radical (unpaired) electrons. The van der Waals surface area contributed by atoms with Gasteiger partial charge in [-0.25, -0.2) is 15.0 Å². The van der Waals surface area contributed by atoms with Crippen LogP contribution in [-0.2, 0) is 7.05 Å². The van der Waals surface area contributed by atoms with E-state index >= 15 is 0 Å². The van der Waals surface area contributed by atoms with Gasteiger partial charge in [0.2, 0.25) is 5.95 Å². The second kappa shape index (κ2) is 5.33. The first-order valence-electron chi connectivity index (χ1n) is 9.45. The summed E-state index contributed by atoms with van der Waals surface area (Å²) in [5.74, 6) is 4.50. The highest BCUT2D eigenvalue weighted by molar-refractivity contribution is 5.84. The Labute approximate surface area is 142 Å². The second-order valence-corrected chi connectivity index (χ2v) is 8.04. The van der Waals surface area contributed by atoms with Gasteiger partial charge in [-0.3, -0.25) is 4.57 Å². The summed E-state index contributed by atoms with van der Waals surface area (Å²) in [5, 5.41) is 3.57. The van der Waals surface area contributed by atoms with Crippen LogP contribution in [0.4, 0.5) is 11.8 Å². The molecule has 3 unspecified atom stereocenters. The van der Waals surface area contributed by atoms with Crippen molar-refractivity contribution >= 4 is 22.9 Å². The third-order valence-corrected chi connectivity index (χ3v) is 6.52. The number of anilines is 2. The van der Waals surface area contributed by atoms with Gasteiger partial charge in [-0.15, -0.1) is 0 Å². The van der Waals surface area contributed by atoms with E-state index in [2.05, 4.69) is 14.9 Å². The number of hydrogen-bond donors (Lipinski definition) is 2. The van der Waals surface area contributed by atoms with Gasteiger partial charge < -0.3 is 11.1 Å². The number of imidazole rings is 1. The van der Waals surface area contributed by atoms with Gasteiger partial charge in [0.15, 0.2) is 17.0 Å². The van der Waals surface area contributed by atoms with Crippen LogP contribution < -0.4 is 11.1 Å². The summed E-state index contributed by atoms with van der Waals surface area (Å²) in [7, 11) is 2.03. The molecule has 3 N–H and O–H groups in total. The van der Waals surface area contributed by atoms with Gasteiger partial charge in [-0.1, -0.05) is 19.3 Å². The van der Waals surface area contributed by atoms with E-state index in [-0.39, 0.29) is 0 Å². The zero-order chi connectivity index (χ0) is 16.3. The monoisotopic (exact) mass is 326 g/mol. The fourth-order valence-corrected chi connectivity index (χ4v) is 5.21. The molecular formula is C18H26N6. The number of nitrogens with zero attached hydrogens (tertiary/aromatic N) is 4. The smallest absolute Gasteiger partial charge is 0.205 e. The van der Waals surface area contributed by atoms with Gasteiger partial charge >= 0.3 is 0 Å². The van der Waals surface area contributed by atoms with Gasteiger partial charge in [0.1, 0.15) is 5.82 Å². The van der Waals surface area contributed by atoms with Crippen molar-refractivity contribution in [2.45, 2.75) is 63.3 Å². The van der Waals surface area contributed by atoms with Crippen molar-refractivity contribution in [1.29, 1.82) is 0 Å². The first-order valence-corrected chi connectivity index (χ1v) is 9.45. The van der Waals surface area contributed by atoms with E-state index in [1.54, 1.807) is 0 Å². The van der Waals surface area contributed by atoms with Crippen molar-refractivity contribution in [2.75, 3.05) is 11.1 Å². The zero-order valence-corrected chi connectivity index (χ0v) is 14.3. The number of aryl methyl sites for hydroxylation is 1. The fourth-order valence-electron chi connectivity index (χ4n) is 5.21. The molecule has 2 aromatic heterocycles. The number of nitrogens with two attached hydrogens (primary N) is 1. The van der Waals surface area contributed by atoms with Gasteiger partial charge in [-0.2, -0.15) is 0 Å². The van der Waals surface area contributed by atoms with Crippen LogP contribution in [0.5, 0.6) is 0 Å². The van der Waals surface area contributed by atoms with Gasteiger partial charge in [-0.05, 0) is 43.9 Å². The van der Waals surface area contributed by atoms with Crippen molar-refractivity contribution in [3.8, 4) is 0 Å². The molecule has 3 atom stereocenters. The highest BCUT2D eigenvalue weighted by atomic mass is 15.2. The van der Waals surface area contributed by atoms with Crippen molar-refractivity contribution in [3.05, 3.63) is 5.82 Å². The molecule has 3 fully saturated rings. The number of aromatic nitrogens is 4. The van der Waals surface area contributed by atoms with Crippen molar-refractivity contribution in [1.82, 2.24) is 19.5 Å². The predicted molar refractivity (Wildman–Crippen MR) is 94.8 cm³/mol. The summed E-state index contributed by atoms with van der Waals surface area (Å²) in [6.45, 7) is 0. The first-order chi connectivity index (χ1) is 11.7. The van der Waals surface area contributed by atoms with Crippen LogP contribution in [0.3, 0.4) is 0 Å². The first kappa shape index (κ1) is 14.5. The Morgan fingerprint density at radius 1 is 1.04 bits per heavy atom. The third kappa shape index (κ3) is 2.19. The maximum absolute atomic E-state index is 6.26. The third-order valence-electron chi connectivity index (χ3n) is 6.52. The Kier molecular flexibility index (Phi) is 3.22. The molecular weight excluding hydrogens is 300 g/mol. The molecule has 3 aliphatic rings. The molecule has 0 aliphatic heterocycles. The Morgan fingerprint density at radius 3 is 2.58 bits per heavy atom. The van der Waals surface area contributed by atoms with E-state index in [4.69, 9.17) is 15.7 Å². The summed E-state index contributed by atoms with van der Waals surface area (Å²) in [5.41, 5.74) is 7.87. The minimum absolute atomic E-state index is 0.497. The standard InChI is InChI=1S/C18H26N6/c1-24-17-14(21-18(24)20-12-4-2-3-5-12)15(19)22-16(23-17)13-9-10-6-7-11(13)8-10/h10-13H,2-9H2,1H3,(H,20,21)(H2,19,22,23). The maximum Gasteiger partial charge on any atom is 0.205 e. The minimum atomic E-state index is 0.497.